The van der Waals surface area contributed by atoms with E-state index in [-0.39, 0.29) is 11.7 Å². The first-order valence-corrected chi connectivity index (χ1v) is 13.2. The predicted molar refractivity (Wildman–Crippen MR) is 152 cm³/mol. The maximum Gasteiger partial charge on any atom is 0.246 e. The molecule has 192 valence electrons. The first-order valence-electron chi connectivity index (χ1n) is 12.8. The Bertz CT molecular complexity index is 1370. The highest BCUT2D eigenvalue weighted by atomic mass is 35.5. The van der Waals surface area contributed by atoms with Gasteiger partial charge in [0.15, 0.2) is 5.78 Å². The number of rotatable bonds is 8. The molecule has 1 fully saturated rings. The zero-order valence-corrected chi connectivity index (χ0v) is 21.9. The molecule has 0 aliphatic carbocycles. The topological polar surface area (TPSA) is 52.7 Å². The van der Waals surface area contributed by atoms with Crippen molar-refractivity contribution in [3.63, 3.8) is 0 Å². The number of nitrogens with one attached hydrogen (secondary N) is 1. The molecule has 6 heteroatoms. The number of anilines is 1. The number of amides is 1. The van der Waals surface area contributed by atoms with Gasteiger partial charge in [-0.3, -0.25) is 19.4 Å². The van der Waals surface area contributed by atoms with E-state index in [4.69, 9.17) is 11.6 Å². The van der Waals surface area contributed by atoms with Crippen LogP contribution in [0, 0.1) is 0 Å². The quantitative estimate of drug-likeness (QED) is 0.285. The lowest BCUT2D eigenvalue weighted by Gasteiger charge is -2.39. The third kappa shape index (κ3) is 6.20. The second-order valence-electron chi connectivity index (χ2n) is 9.49. The molecule has 1 saturated heterocycles. The van der Waals surface area contributed by atoms with Gasteiger partial charge in [0.05, 0.1) is 5.69 Å². The fourth-order valence-corrected chi connectivity index (χ4v) is 5.12. The Morgan fingerprint density at radius 3 is 2.03 bits per heavy atom. The van der Waals surface area contributed by atoms with Crippen molar-refractivity contribution in [2.45, 2.75) is 12.6 Å². The van der Waals surface area contributed by atoms with E-state index in [0.29, 0.717) is 21.8 Å². The largest absolute Gasteiger partial charge is 0.324 e. The fourth-order valence-electron chi connectivity index (χ4n) is 4.94. The number of hydrogen-bond acceptors (Lipinski definition) is 4. The van der Waals surface area contributed by atoms with Crippen LogP contribution in [0.1, 0.15) is 33.1 Å². The first kappa shape index (κ1) is 25.9. The Morgan fingerprint density at radius 1 is 0.763 bits per heavy atom. The van der Waals surface area contributed by atoms with Crippen LogP contribution in [0.15, 0.2) is 109 Å². The zero-order valence-electron chi connectivity index (χ0n) is 21.1. The summed E-state index contributed by atoms with van der Waals surface area (Å²) in [5.41, 5.74) is 3.58. The molecule has 38 heavy (non-hydrogen) atoms. The molecule has 1 heterocycles. The summed E-state index contributed by atoms with van der Waals surface area (Å²) in [4.78, 5) is 31.8. The standard InChI is InChI=1S/C32H30ClN3O2/c33-27-16-17-29(28(22-27)31(37)26-14-8-3-9-15-26)34-32(38)30(25-12-6-2-7-13-25)36-20-18-35(19-21-36)23-24-10-4-1-5-11-24/h1-17,22,30H,18-21,23H2,(H,34,38). The van der Waals surface area contributed by atoms with Crippen LogP contribution in [0.2, 0.25) is 5.02 Å². The van der Waals surface area contributed by atoms with Gasteiger partial charge in [-0.2, -0.15) is 0 Å². The van der Waals surface area contributed by atoms with Crippen molar-refractivity contribution in [1.82, 2.24) is 9.80 Å². The van der Waals surface area contributed by atoms with Crippen LogP contribution < -0.4 is 5.32 Å². The lowest BCUT2D eigenvalue weighted by molar-refractivity contribution is -0.122. The molecule has 5 nitrogen and oxygen atoms in total. The number of carbonyl (C=O) groups is 2. The minimum Gasteiger partial charge on any atom is -0.324 e. The van der Waals surface area contributed by atoms with Gasteiger partial charge in [0.25, 0.3) is 0 Å². The highest BCUT2D eigenvalue weighted by Crippen LogP contribution is 2.28. The van der Waals surface area contributed by atoms with E-state index in [1.165, 1.54) is 5.56 Å². The summed E-state index contributed by atoms with van der Waals surface area (Å²) in [5, 5.41) is 3.50. The molecule has 0 spiro atoms. The molecule has 1 unspecified atom stereocenters. The van der Waals surface area contributed by atoms with E-state index in [1.54, 1.807) is 30.3 Å². The van der Waals surface area contributed by atoms with Crippen molar-refractivity contribution in [2.75, 3.05) is 31.5 Å². The molecule has 1 amide bonds. The first-order chi connectivity index (χ1) is 18.6. The van der Waals surface area contributed by atoms with Crippen molar-refractivity contribution in [1.29, 1.82) is 0 Å². The number of nitrogens with zero attached hydrogens (tertiary/aromatic N) is 2. The monoisotopic (exact) mass is 523 g/mol. The lowest BCUT2D eigenvalue weighted by atomic mass is 10.00. The van der Waals surface area contributed by atoms with E-state index in [1.807, 2.05) is 54.6 Å². The molecule has 1 aliphatic heterocycles. The van der Waals surface area contributed by atoms with E-state index in [9.17, 15) is 9.59 Å². The van der Waals surface area contributed by atoms with Gasteiger partial charge >= 0.3 is 0 Å². The Balaban J connectivity index is 1.36. The van der Waals surface area contributed by atoms with Crippen molar-refractivity contribution >= 4 is 29.0 Å². The maximum atomic E-state index is 13.9. The van der Waals surface area contributed by atoms with Gasteiger partial charge in [-0.15, -0.1) is 0 Å². The fraction of sp³-hybridized carbons (Fsp3) is 0.188. The van der Waals surface area contributed by atoms with Gasteiger partial charge in [0.2, 0.25) is 5.91 Å². The van der Waals surface area contributed by atoms with E-state index in [2.05, 4.69) is 39.4 Å². The van der Waals surface area contributed by atoms with Crippen LogP contribution in [0.4, 0.5) is 5.69 Å². The molecule has 4 aromatic rings. The van der Waals surface area contributed by atoms with Crippen LogP contribution in [-0.2, 0) is 11.3 Å². The number of carbonyl (C=O) groups excluding carboxylic acids is 2. The van der Waals surface area contributed by atoms with Crippen LogP contribution in [0.3, 0.4) is 0 Å². The minimum atomic E-state index is -0.481. The van der Waals surface area contributed by atoms with Gasteiger partial charge in [0, 0.05) is 48.9 Å². The molecule has 1 atom stereocenters. The number of piperazine rings is 1. The van der Waals surface area contributed by atoms with Crippen molar-refractivity contribution in [3.05, 3.63) is 136 Å². The third-order valence-electron chi connectivity index (χ3n) is 6.90. The summed E-state index contributed by atoms with van der Waals surface area (Å²) in [6.07, 6.45) is 0. The van der Waals surface area contributed by atoms with Gasteiger partial charge in [-0.05, 0) is 29.3 Å². The smallest absolute Gasteiger partial charge is 0.246 e. The van der Waals surface area contributed by atoms with Gasteiger partial charge in [0.1, 0.15) is 6.04 Å². The van der Waals surface area contributed by atoms with Gasteiger partial charge in [-0.1, -0.05) is 103 Å². The van der Waals surface area contributed by atoms with Crippen LogP contribution in [0.5, 0.6) is 0 Å². The van der Waals surface area contributed by atoms with E-state index >= 15 is 0 Å². The lowest BCUT2D eigenvalue weighted by Crippen LogP contribution is -2.49. The molecule has 0 bridgehead atoms. The normalized spacial score (nSPS) is 15.1. The number of ketones is 1. The van der Waals surface area contributed by atoms with Crippen molar-refractivity contribution in [3.8, 4) is 0 Å². The molecular formula is C32H30ClN3O2. The van der Waals surface area contributed by atoms with Gasteiger partial charge in [-0.25, -0.2) is 0 Å². The second kappa shape index (κ2) is 12.2. The predicted octanol–water partition coefficient (Wildman–Crippen LogP) is 6.07. The molecule has 0 radical (unpaired) electrons. The zero-order chi connectivity index (χ0) is 26.3. The summed E-state index contributed by atoms with van der Waals surface area (Å²) in [6, 6.07) is 33.8. The molecule has 0 aromatic heterocycles. The van der Waals surface area contributed by atoms with Gasteiger partial charge < -0.3 is 5.32 Å². The van der Waals surface area contributed by atoms with Crippen LogP contribution >= 0.6 is 11.6 Å². The SMILES string of the molecule is O=C(c1ccccc1)c1cc(Cl)ccc1NC(=O)C(c1ccccc1)N1CCN(Cc2ccccc2)CC1. The number of halogens is 1. The average Bonchev–Trinajstić information content (AvgIpc) is 2.96. The van der Waals surface area contributed by atoms with Crippen LogP contribution in [-0.4, -0.2) is 47.7 Å². The molecular weight excluding hydrogens is 494 g/mol. The maximum absolute atomic E-state index is 13.9. The summed E-state index contributed by atoms with van der Waals surface area (Å²) >= 11 is 6.26. The summed E-state index contributed by atoms with van der Waals surface area (Å²) < 4.78 is 0. The summed E-state index contributed by atoms with van der Waals surface area (Å²) in [6.45, 7) is 4.15. The van der Waals surface area contributed by atoms with Crippen molar-refractivity contribution in [2.24, 2.45) is 0 Å². The Hall–Kier alpha value is -3.77. The number of hydrogen-bond donors (Lipinski definition) is 1. The highest BCUT2D eigenvalue weighted by molar-refractivity contribution is 6.31. The summed E-state index contributed by atoms with van der Waals surface area (Å²) in [5.74, 6) is -0.355. The highest BCUT2D eigenvalue weighted by Gasteiger charge is 2.31. The van der Waals surface area contributed by atoms with E-state index < -0.39 is 6.04 Å². The van der Waals surface area contributed by atoms with Crippen molar-refractivity contribution < 1.29 is 9.59 Å². The molecule has 0 saturated carbocycles. The molecule has 1 aliphatic rings. The Labute approximate surface area is 228 Å². The average molecular weight is 524 g/mol. The summed E-state index contributed by atoms with van der Waals surface area (Å²) in [7, 11) is 0. The number of benzene rings is 4. The molecule has 1 N–H and O–H groups in total. The van der Waals surface area contributed by atoms with Crippen LogP contribution in [0.25, 0.3) is 0 Å². The molecule has 4 aromatic carbocycles. The second-order valence-corrected chi connectivity index (χ2v) is 9.92. The third-order valence-corrected chi connectivity index (χ3v) is 7.14. The van der Waals surface area contributed by atoms with E-state index in [0.717, 1.165) is 38.3 Å². The molecule has 5 rings (SSSR count). The Morgan fingerprint density at radius 2 is 1.37 bits per heavy atom. The Kier molecular flexibility index (Phi) is 8.29. The minimum absolute atomic E-state index is 0.169.